The number of halogens is 2. The number of aromatic nitrogens is 3. The van der Waals surface area contributed by atoms with Gasteiger partial charge in [0.15, 0.2) is 10.9 Å². The molecule has 0 atom stereocenters. The molecular weight excluding hydrogens is 476 g/mol. The summed E-state index contributed by atoms with van der Waals surface area (Å²) in [7, 11) is 0. The molecule has 0 aliphatic rings. The molecule has 9 heteroatoms. The van der Waals surface area contributed by atoms with Crippen molar-refractivity contribution < 1.29 is 9.59 Å². The molecular formula is C20H18BrClN4O2S. The molecule has 1 amide bonds. The predicted molar refractivity (Wildman–Crippen MR) is 118 cm³/mol. The summed E-state index contributed by atoms with van der Waals surface area (Å²) in [5, 5.41) is 12.5. The van der Waals surface area contributed by atoms with Gasteiger partial charge in [0, 0.05) is 34.9 Å². The number of ketones is 1. The summed E-state index contributed by atoms with van der Waals surface area (Å²) < 4.78 is 2.79. The van der Waals surface area contributed by atoms with E-state index >= 15 is 0 Å². The summed E-state index contributed by atoms with van der Waals surface area (Å²) in [6.07, 6.45) is 0.500. The Kier molecular flexibility index (Phi) is 7.46. The lowest BCUT2D eigenvalue weighted by molar-refractivity contribution is -0.118. The number of nitrogens with one attached hydrogen (secondary N) is 1. The number of benzene rings is 2. The van der Waals surface area contributed by atoms with Crippen LogP contribution in [0.2, 0.25) is 5.02 Å². The van der Waals surface area contributed by atoms with Gasteiger partial charge >= 0.3 is 0 Å². The van der Waals surface area contributed by atoms with Crippen molar-refractivity contribution in [2.24, 2.45) is 0 Å². The van der Waals surface area contributed by atoms with Gasteiger partial charge in [-0.25, -0.2) is 0 Å². The van der Waals surface area contributed by atoms with Crippen LogP contribution < -0.4 is 5.32 Å². The predicted octanol–water partition coefficient (Wildman–Crippen LogP) is 4.34. The number of carbonyl (C=O) groups excluding carboxylic acids is 2. The molecule has 0 bridgehead atoms. The van der Waals surface area contributed by atoms with E-state index in [1.807, 2.05) is 34.9 Å². The first-order valence-electron chi connectivity index (χ1n) is 8.80. The van der Waals surface area contributed by atoms with Crippen molar-refractivity contribution in [1.29, 1.82) is 0 Å². The summed E-state index contributed by atoms with van der Waals surface area (Å²) in [6, 6.07) is 14.6. The lowest BCUT2D eigenvalue weighted by atomic mass is 10.2. The first-order valence-corrected chi connectivity index (χ1v) is 11.0. The maximum Gasteiger partial charge on any atom is 0.216 e. The van der Waals surface area contributed by atoms with Crippen molar-refractivity contribution in [3.05, 3.63) is 69.4 Å². The summed E-state index contributed by atoms with van der Waals surface area (Å²) >= 11 is 10.8. The molecule has 2 aromatic carbocycles. The van der Waals surface area contributed by atoms with E-state index in [9.17, 15) is 9.59 Å². The molecule has 0 spiro atoms. The van der Waals surface area contributed by atoms with Gasteiger partial charge in [0.1, 0.15) is 5.82 Å². The van der Waals surface area contributed by atoms with Crippen molar-refractivity contribution in [3.63, 3.8) is 0 Å². The molecule has 1 heterocycles. The van der Waals surface area contributed by atoms with E-state index in [2.05, 4.69) is 31.4 Å². The van der Waals surface area contributed by atoms with E-state index in [4.69, 9.17) is 11.6 Å². The van der Waals surface area contributed by atoms with Crippen molar-refractivity contribution >= 4 is 51.0 Å². The first kappa shape index (κ1) is 21.5. The third-order valence-corrected chi connectivity index (χ3v) is 5.68. The second kappa shape index (κ2) is 10.0. The lowest BCUT2D eigenvalue weighted by Gasteiger charge is -2.11. The minimum absolute atomic E-state index is 0.00272. The molecule has 1 N–H and O–H groups in total. The largest absolute Gasteiger partial charge is 0.356 e. The highest BCUT2D eigenvalue weighted by atomic mass is 79.9. The summed E-state index contributed by atoms with van der Waals surface area (Å²) in [6.45, 7) is 1.91. The van der Waals surface area contributed by atoms with E-state index < -0.39 is 0 Å². The monoisotopic (exact) mass is 492 g/mol. The third kappa shape index (κ3) is 5.91. The molecule has 0 radical (unpaired) electrons. The first-order chi connectivity index (χ1) is 13.9. The Morgan fingerprint density at radius 1 is 1.17 bits per heavy atom. The molecule has 0 saturated carbocycles. The zero-order valence-electron chi connectivity index (χ0n) is 15.6. The third-order valence-electron chi connectivity index (χ3n) is 3.99. The van der Waals surface area contributed by atoms with Gasteiger partial charge in [-0.15, -0.1) is 10.2 Å². The van der Waals surface area contributed by atoms with Gasteiger partial charge in [-0.1, -0.05) is 57.5 Å². The fourth-order valence-corrected chi connectivity index (χ4v) is 3.94. The van der Waals surface area contributed by atoms with Gasteiger partial charge in [0.25, 0.3) is 0 Å². The number of nitrogens with zero attached hydrogens (tertiary/aromatic N) is 3. The van der Waals surface area contributed by atoms with Crippen LogP contribution in [0.25, 0.3) is 5.69 Å². The van der Waals surface area contributed by atoms with Gasteiger partial charge < -0.3 is 5.32 Å². The standard InChI is InChI=1S/C20H18BrClN4O2S/c1-13(27)23-10-9-19-24-25-20(26(19)17-4-2-3-16(22)11-17)29-12-18(28)14-5-7-15(21)8-6-14/h2-8,11H,9-10,12H2,1H3,(H,23,27). The SMILES string of the molecule is CC(=O)NCCc1nnc(SCC(=O)c2ccc(Br)cc2)n1-c1cccc(Cl)c1. The number of hydrogen-bond acceptors (Lipinski definition) is 5. The van der Waals surface area contributed by atoms with E-state index in [0.717, 1.165) is 10.2 Å². The molecule has 0 aliphatic heterocycles. The fraction of sp³-hybridized carbons (Fsp3) is 0.200. The van der Waals surface area contributed by atoms with Crippen molar-refractivity contribution in [1.82, 2.24) is 20.1 Å². The molecule has 0 fully saturated rings. The van der Waals surface area contributed by atoms with Crippen LogP contribution in [0.3, 0.4) is 0 Å². The number of hydrogen-bond donors (Lipinski definition) is 1. The molecule has 3 rings (SSSR count). The van der Waals surface area contributed by atoms with Crippen LogP contribution in [0, 0.1) is 0 Å². The average Bonchev–Trinajstić information content (AvgIpc) is 3.09. The van der Waals surface area contributed by atoms with Crippen LogP contribution >= 0.6 is 39.3 Å². The number of amides is 1. The summed E-state index contributed by atoms with van der Waals surface area (Å²) in [5.41, 5.74) is 1.44. The Morgan fingerprint density at radius 3 is 2.62 bits per heavy atom. The molecule has 6 nitrogen and oxygen atoms in total. The highest BCUT2D eigenvalue weighted by Gasteiger charge is 2.17. The molecule has 0 saturated heterocycles. The normalized spacial score (nSPS) is 10.7. The second-order valence-electron chi connectivity index (χ2n) is 6.17. The number of rotatable bonds is 8. The zero-order valence-corrected chi connectivity index (χ0v) is 18.7. The second-order valence-corrected chi connectivity index (χ2v) is 8.46. The smallest absolute Gasteiger partial charge is 0.216 e. The molecule has 3 aromatic rings. The highest BCUT2D eigenvalue weighted by Crippen LogP contribution is 2.25. The minimum Gasteiger partial charge on any atom is -0.356 e. The van der Waals surface area contributed by atoms with Crippen LogP contribution in [0.1, 0.15) is 23.1 Å². The van der Waals surface area contributed by atoms with Crippen molar-refractivity contribution in [3.8, 4) is 5.69 Å². The maximum absolute atomic E-state index is 12.5. The molecule has 29 heavy (non-hydrogen) atoms. The zero-order chi connectivity index (χ0) is 20.8. The summed E-state index contributed by atoms with van der Waals surface area (Å²) in [4.78, 5) is 23.7. The average molecular weight is 494 g/mol. The topological polar surface area (TPSA) is 76.9 Å². The molecule has 150 valence electrons. The minimum atomic E-state index is -0.103. The van der Waals surface area contributed by atoms with Crippen LogP contribution in [0.4, 0.5) is 0 Å². The van der Waals surface area contributed by atoms with Crippen molar-refractivity contribution in [2.45, 2.75) is 18.5 Å². The Balaban J connectivity index is 1.81. The quantitative estimate of drug-likeness (QED) is 0.373. The van der Waals surface area contributed by atoms with Crippen LogP contribution in [-0.2, 0) is 11.2 Å². The summed E-state index contributed by atoms with van der Waals surface area (Å²) in [5.74, 6) is 0.808. The van der Waals surface area contributed by atoms with E-state index in [-0.39, 0.29) is 17.4 Å². The van der Waals surface area contributed by atoms with Gasteiger partial charge in [0.2, 0.25) is 5.91 Å². The number of Topliss-reactive ketones (excluding diaryl/α,β-unsaturated/α-hetero) is 1. The number of carbonyl (C=O) groups is 2. The molecule has 1 aromatic heterocycles. The Labute approximate surface area is 186 Å². The van der Waals surface area contributed by atoms with Crippen LogP contribution in [0.5, 0.6) is 0 Å². The molecule has 0 aliphatic carbocycles. The van der Waals surface area contributed by atoms with E-state index in [0.29, 0.717) is 34.5 Å². The number of thioether (sulfide) groups is 1. The fourth-order valence-electron chi connectivity index (χ4n) is 2.63. The lowest BCUT2D eigenvalue weighted by Crippen LogP contribution is -2.23. The van der Waals surface area contributed by atoms with Gasteiger partial charge in [-0.2, -0.15) is 0 Å². The highest BCUT2D eigenvalue weighted by molar-refractivity contribution is 9.10. The maximum atomic E-state index is 12.5. The van der Waals surface area contributed by atoms with E-state index in [1.54, 1.807) is 18.2 Å². The molecule has 0 unspecified atom stereocenters. The van der Waals surface area contributed by atoms with Gasteiger partial charge in [-0.05, 0) is 30.3 Å². The van der Waals surface area contributed by atoms with Crippen LogP contribution in [-0.4, -0.2) is 38.8 Å². The van der Waals surface area contributed by atoms with Crippen LogP contribution in [0.15, 0.2) is 58.2 Å². The van der Waals surface area contributed by atoms with E-state index in [1.165, 1.54) is 18.7 Å². The Hall–Kier alpha value is -2.16. The van der Waals surface area contributed by atoms with Gasteiger partial charge in [-0.3, -0.25) is 14.2 Å². The van der Waals surface area contributed by atoms with Crippen molar-refractivity contribution in [2.75, 3.05) is 12.3 Å². The Morgan fingerprint density at radius 2 is 1.93 bits per heavy atom. The van der Waals surface area contributed by atoms with Gasteiger partial charge in [0.05, 0.1) is 11.4 Å². The Bertz CT molecular complexity index is 1020.